The third kappa shape index (κ3) is 4.63. The Labute approximate surface area is 109 Å². The van der Waals surface area contributed by atoms with Gasteiger partial charge in [0.1, 0.15) is 5.75 Å². The first-order chi connectivity index (χ1) is 8.50. The summed E-state index contributed by atoms with van der Waals surface area (Å²) in [5.41, 5.74) is 0.151. The van der Waals surface area contributed by atoms with Crippen molar-refractivity contribution in [3.63, 3.8) is 0 Å². The van der Waals surface area contributed by atoms with Gasteiger partial charge in [-0.2, -0.15) is 0 Å². The van der Waals surface area contributed by atoms with Gasteiger partial charge in [0.05, 0.1) is 5.56 Å². The van der Waals surface area contributed by atoms with Crippen LogP contribution in [0.5, 0.6) is 5.75 Å². The van der Waals surface area contributed by atoms with Crippen LogP contribution in [0.4, 0.5) is 0 Å². The van der Waals surface area contributed by atoms with E-state index in [9.17, 15) is 14.7 Å². The molecule has 0 fully saturated rings. The molecule has 6 heteroatoms. The number of hydrogen-bond acceptors (Lipinski definition) is 3. The summed E-state index contributed by atoms with van der Waals surface area (Å²) < 4.78 is 0. The molecule has 0 saturated heterocycles. The van der Waals surface area contributed by atoms with Crippen molar-refractivity contribution in [1.29, 1.82) is 0 Å². The molecule has 98 valence electrons. The molecule has 0 unspecified atom stereocenters. The lowest BCUT2D eigenvalue weighted by Crippen LogP contribution is -2.24. The summed E-state index contributed by atoms with van der Waals surface area (Å²) in [6.45, 7) is 0.369. The Morgan fingerprint density at radius 2 is 2.00 bits per heavy atom. The molecule has 18 heavy (non-hydrogen) atoms. The Balaban J connectivity index is 2.39. The van der Waals surface area contributed by atoms with Crippen LogP contribution in [0.15, 0.2) is 18.2 Å². The minimum Gasteiger partial charge on any atom is -0.507 e. The standard InChI is InChI=1S/C12H14ClNO4/c13-8-4-5-9(10(15)7-8)12(18)14-6-2-1-3-11(16)17/h4-5,7,15H,1-3,6H2,(H,14,18)(H,16,17). The van der Waals surface area contributed by atoms with Gasteiger partial charge in [0.15, 0.2) is 0 Å². The third-order valence-electron chi connectivity index (χ3n) is 2.31. The maximum absolute atomic E-state index is 11.6. The fourth-order valence-electron chi connectivity index (χ4n) is 1.40. The lowest BCUT2D eigenvalue weighted by atomic mass is 10.2. The number of carbonyl (C=O) groups excluding carboxylic acids is 1. The van der Waals surface area contributed by atoms with Crippen molar-refractivity contribution in [2.45, 2.75) is 19.3 Å². The Hall–Kier alpha value is -1.75. The molecule has 0 spiro atoms. The number of amides is 1. The first-order valence-electron chi connectivity index (χ1n) is 5.49. The number of aliphatic carboxylic acids is 1. The van der Waals surface area contributed by atoms with E-state index in [2.05, 4.69) is 5.32 Å². The second kappa shape index (κ2) is 6.86. The summed E-state index contributed by atoms with van der Waals surface area (Å²) in [6, 6.07) is 4.24. The number of phenolic OH excluding ortho intramolecular Hbond substituents is 1. The number of hydrogen-bond donors (Lipinski definition) is 3. The van der Waals surface area contributed by atoms with Crippen LogP contribution >= 0.6 is 11.6 Å². The van der Waals surface area contributed by atoms with Gasteiger partial charge in [-0.25, -0.2) is 0 Å². The molecule has 1 rings (SSSR count). The number of rotatable bonds is 6. The molecule has 0 aliphatic heterocycles. The fourth-order valence-corrected chi connectivity index (χ4v) is 1.56. The molecule has 1 aromatic rings. The maximum Gasteiger partial charge on any atom is 0.303 e. The highest BCUT2D eigenvalue weighted by Crippen LogP contribution is 2.21. The molecule has 0 bridgehead atoms. The molecule has 5 nitrogen and oxygen atoms in total. The number of nitrogens with one attached hydrogen (secondary N) is 1. The van der Waals surface area contributed by atoms with Crippen LogP contribution in [0.3, 0.4) is 0 Å². The number of phenols is 1. The lowest BCUT2D eigenvalue weighted by molar-refractivity contribution is -0.137. The lowest BCUT2D eigenvalue weighted by Gasteiger charge is -2.06. The van der Waals surface area contributed by atoms with Gasteiger partial charge >= 0.3 is 5.97 Å². The van der Waals surface area contributed by atoms with Crippen LogP contribution in [-0.2, 0) is 4.79 Å². The van der Waals surface area contributed by atoms with Gasteiger partial charge in [-0.3, -0.25) is 9.59 Å². The average Bonchev–Trinajstić information content (AvgIpc) is 2.27. The van der Waals surface area contributed by atoms with Crippen molar-refractivity contribution < 1.29 is 19.8 Å². The van der Waals surface area contributed by atoms with Crippen LogP contribution in [0, 0.1) is 0 Å². The van der Waals surface area contributed by atoms with Gasteiger partial charge in [0.25, 0.3) is 5.91 Å². The van der Waals surface area contributed by atoms with Crippen molar-refractivity contribution in [3.8, 4) is 5.75 Å². The van der Waals surface area contributed by atoms with Gasteiger partial charge in [0.2, 0.25) is 0 Å². The van der Waals surface area contributed by atoms with Gasteiger partial charge in [0, 0.05) is 18.0 Å². The topological polar surface area (TPSA) is 86.6 Å². The van der Waals surface area contributed by atoms with E-state index in [1.807, 2.05) is 0 Å². The van der Waals surface area contributed by atoms with E-state index in [0.29, 0.717) is 24.4 Å². The van der Waals surface area contributed by atoms with Gasteiger partial charge in [-0.1, -0.05) is 11.6 Å². The SMILES string of the molecule is O=C(O)CCCCNC(=O)c1ccc(Cl)cc1O. The number of carbonyl (C=O) groups is 2. The Morgan fingerprint density at radius 1 is 1.28 bits per heavy atom. The summed E-state index contributed by atoms with van der Waals surface area (Å²) in [7, 11) is 0. The zero-order valence-corrected chi connectivity index (χ0v) is 10.4. The van der Waals surface area contributed by atoms with Crippen molar-refractivity contribution >= 4 is 23.5 Å². The summed E-state index contributed by atoms with van der Waals surface area (Å²) in [5, 5.41) is 20.9. The van der Waals surface area contributed by atoms with Crippen LogP contribution in [0.2, 0.25) is 5.02 Å². The summed E-state index contributed by atoms with van der Waals surface area (Å²) in [5.74, 6) is -1.43. The first-order valence-corrected chi connectivity index (χ1v) is 5.87. The largest absolute Gasteiger partial charge is 0.507 e. The number of halogens is 1. The van der Waals surface area contributed by atoms with Crippen LogP contribution in [0.25, 0.3) is 0 Å². The van der Waals surface area contributed by atoms with Crippen molar-refractivity contribution in [1.82, 2.24) is 5.32 Å². The van der Waals surface area contributed by atoms with E-state index in [1.54, 1.807) is 0 Å². The number of carboxylic acids is 1. The molecule has 0 aliphatic carbocycles. The van der Waals surface area contributed by atoms with Gasteiger partial charge in [-0.05, 0) is 31.0 Å². The highest BCUT2D eigenvalue weighted by atomic mass is 35.5. The number of benzene rings is 1. The second-order valence-corrected chi connectivity index (χ2v) is 4.20. The zero-order chi connectivity index (χ0) is 13.5. The molecule has 0 aliphatic rings. The van der Waals surface area contributed by atoms with Crippen LogP contribution in [0.1, 0.15) is 29.6 Å². The predicted molar refractivity (Wildman–Crippen MR) is 66.9 cm³/mol. The predicted octanol–water partition coefficient (Wildman–Crippen LogP) is 2.03. The second-order valence-electron chi connectivity index (χ2n) is 3.77. The summed E-state index contributed by atoms with van der Waals surface area (Å²) in [6.07, 6.45) is 1.16. The monoisotopic (exact) mass is 271 g/mol. The van der Waals surface area contributed by atoms with E-state index in [0.717, 1.165) is 0 Å². The summed E-state index contributed by atoms with van der Waals surface area (Å²) >= 11 is 5.65. The van der Waals surface area contributed by atoms with E-state index < -0.39 is 11.9 Å². The van der Waals surface area contributed by atoms with Gasteiger partial charge in [-0.15, -0.1) is 0 Å². The molecule has 0 radical (unpaired) electrons. The quantitative estimate of drug-likeness (QED) is 0.691. The highest BCUT2D eigenvalue weighted by Gasteiger charge is 2.10. The zero-order valence-electron chi connectivity index (χ0n) is 9.65. The average molecular weight is 272 g/mol. The molecule has 0 atom stereocenters. The van der Waals surface area contributed by atoms with Crippen molar-refractivity contribution in [2.75, 3.05) is 6.54 Å². The van der Waals surface area contributed by atoms with Crippen molar-refractivity contribution in [2.24, 2.45) is 0 Å². The number of unbranched alkanes of at least 4 members (excludes halogenated alkanes) is 1. The molecule has 0 heterocycles. The Kier molecular flexibility index (Phi) is 5.45. The Morgan fingerprint density at radius 3 is 2.61 bits per heavy atom. The van der Waals surface area contributed by atoms with E-state index in [4.69, 9.17) is 16.7 Å². The summed E-state index contributed by atoms with van der Waals surface area (Å²) in [4.78, 5) is 21.9. The Bertz CT molecular complexity index is 448. The molecule has 1 aromatic carbocycles. The molecule has 0 aromatic heterocycles. The number of aromatic hydroxyl groups is 1. The minimum absolute atomic E-state index is 0.0854. The maximum atomic E-state index is 11.6. The molecule has 1 amide bonds. The molecule has 3 N–H and O–H groups in total. The molecule has 0 saturated carbocycles. The van der Waals surface area contributed by atoms with Gasteiger partial charge < -0.3 is 15.5 Å². The van der Waals surface area contributed by atoms with Crippen molar-refractivity contribution in [3.05, 3.63) is 28.8 Å². The molecular weight excluding hydrogens is 258 g/mol. The van der Waals surface area contributed by atoms with E-state index >= 15 is 0 Å². The normalized spacial score (nSPS) is 10.1. The first kappa shape index (κ1) is 14.3. The smallest absolute Gasteiger partial charge is 0.303 e. The van der Waals surface area contributed by atoms with Crippen LogP contribution in [-0.4, -0.2) is 28.6 Å². The highest BCUT2D eigenvalue weighted by molar-refractivity contribution is 6.30. The van der Waals surface area contributed by atoms with E-state index in [-0.39, 0.29) is 17.7 Å². The number of carboxylic acid groups (broad SMARTS) is 1. The fraction of sp³-hybridized carbons (Fsp3) is 0.333. The van der Waals surface area contributed by atoms with E-state index in [1.165, 1.54) is 18.2 Å². The third-order valence-corrected chi connectivity index (χ3v) is 2.54. The molecular formula is C12H14ClNO4. The van der Waals surface area contributed by atoms with Crippen LogP contribution < -0.4 is 5.32 Å². The minimum atomic E-state index is -0.850.